The third-order valence-electron chi connectivity index (χ3n) is 2.97. The van der Waals surface area contributed by atoms with Crippen LogP contribution in [0.4, 0.5) is 9.18 Å². The minimum Gasteiger partial charge on any atom is -0.444 e. The Kier molecular flexibility index (Phi) is 7.29. The van der Waals surface area contributed by atoms with E-state index in [1.165, 1.54) is 12.1 Å². The van der Waals surface area contributed by atoms with Crippen LogP contribution in [0, 0.1) is 5.82 Å². The van der Waals surface area contributed by atoms with Crippen LogP contribution in [-0.2, 0) is 11.3 Å². The SMILES string of the molecule is CCC(CNC(=O)OC(C)(C)C)NCc1cc(F)ccc1Br. The van der Waals surface area contributed by atoms with Crippen LogP contribution in [0.15, 0.2) is 22.7 Å². The number of alkyl carbamates (subject to hydrolysis) is 1. The normalized spacial score (nSPS) is 12.8. The molecule has 22 heavy (non-hydrogen) atoms. The Morgan fingerprint density at radius 2 is 2.09 bits per heavy atom. The first-order valence-corrected chi connectivity index (χ1v) is 8.14. The summed E-state index contributed by atoms with van der Waals surface area (Å²) in [7, 11) is 0. The zero-order valence-corrected chi connectivity index (χ0v) is 15.1. The highest BCUT2D eigenvalue weighted by Crippen LogP contribution is 2.17. The number of carbonyl (C=O) groups excluding carboxylic acids is 1. The molecule has 0 aliphatic heterocycles. The average Bonchev–Trinajstić information content (AvgIpc) is 2.40. The van der Waals surface area contributed by atoms with E-state index in [0.29, 0.717) is 13.1 Å². The number of nitrogens with one attached hydrogen (secondary N) is 2. The first-order chi connectivity index (χ1) is 10.2. The number of hydrogen-bond acceptors (Lipinski definition) is 3. The summed E-state index contributed by atoms with van der Waals surface area (Å²) in [5.41, 5.74) is 0.335. The van der Waals surface area contributed by atoms with Gasteiger partial charge in [-0.15, -0.1) is 0 Å². The second-order valence-electron chi connectivity index (χ2n) is 6.10. The molecule has 2 N–H and O–H groups in total. The molecule has 0 heterocycles. The Hall–Kier alpha value is -1.14. The molecule has 4 nitrogen and oxygen atoms in total. The molecule has 1 rings (SSSR count). The van der Waals surface area contributed by atoms with Gasteiger partial charge in [-0.2, -0.15) is 0 Å². The molecule has 0 radical (unpaired) electrons. The summed E-state index contributed by atoms with van der Waals surface area (Å²) in [5, 5.41) is 6.05. The van der Waals surface area contributed by atoms with Crippen LogP contribution in [0.5, 0.6) is 0 Å². The molecule has 1 atom stereocenters. The van der Waals surface area contributed by atoms with E-state index in [-0.39, 0.29) is 11.9 Å². The molecule has 6 heteroatoms. The highest BCUT2D eigenvalue weighted by atomic mass is 79.9. The van der Waals surface area contributed by atoms with Crippen LogP contribution in [0.1, 0.15) is 39.7 Å². The van der Waals surface area contributed by atoms with E-state index in [0.717, 1.165) is 16.5 Å². The highest BCUT2D eigenvalue weighted by Gasteiger charge is 2.17. The number of hydrogen-bond donors (Lipinski definition) is 2. The molecule has 1 amide bonds. The Bertz CT molecular complexity index is 503. The van der Waals surface area contributed by atoms with Gasteiger partial charge in [0.05, 0.1) is 0 Å². The fraction of sp³-hybridized carbons (Fsp3) is 0.562. The molecule has 1 aromatic rings. The monoisotopic (exact) mass is 374 g/mol. The lowest BCUT2D eigenvalue weighted by Gasteiger charge is -2.22. The zero-order valence-electron chi connectivity index (χ0n) is 13.5. The molecule has 0 saturated heterocycles. The van der Waals surface area contributed by atoms with E-state index < -0.39 is 11.7 Å². The van der Waals surface area contributed by atoms with Crippen LogP contribution in [-0.4, -0.2) is 24.3 Å². The summed E-state index contributed by atoms with van der Waals surface area (Å²) in [6.07, 6.45) is 0.405. The standard InChI is InChI=1S/C16H24BrFN2O2/c1-5-13(10-20-15(21)22-16(2,3)4)19-9-11-8-12(18)6-7-14(11)17/h6-8,13,19H,5,9-10H2,1-4H3,(H,20,21). The minimum atomic E-state index is -0.508. The molecule has 0 aliphatic carbocycles. The predicted molar refractivity (Wildman–Crippen MR) is 89.3 cm³/mol. The van der Waals surface area contributed by atoms with Gasteiger partial charge in [-0.05, 0) is 51.0 Å². The smallest absolute Gasteiger partial charge is 0.407 e. The fourth-order valence-corrected chi connectivity index (χ4v) is 2.20. The maximum absolute atomic E-state index is 13.2. The van der Waals surface area contributed by atoms with Gasteiger partial charge in [-0.25, -0.2) is 9.18 Å². The van der Waals surface area contributed by atoms with Crippen molar-refractivity contribution < 1.29 is 13.9 Å². The van der Waals surface area contributed by atoms with Gasteiger partial charge in [-0.3, -0.25) is 0 Å². The number of carbonyl (C=O) groups is 1. The van der Waals surface area contributed by atoms with Gasteiger partial charge in [0, 0.05) is 23.6 Å². The predicted octanol–water partition coefficient (Wildman–Crippen LogP) is 3.98. The van der Waals surface area contributed by atoms with Crippen molar-refractivity contribution in [3.63, 3.8) is 0 Å². The van der Waals surface area contributed by atoms with E-state index in [1.54, 1.807) is 6.07 Å². The van der Waals surface area contributed by atoms with Crippen LogP contribution in [0.25, 0.3) is 0 Å². The number of benzene rings is 1. The number of ether oxygens (including phenoxy) is 1. The third kappa shape index (κ3) is 7.22. The second kappa shape index (κ2) is 8.48. The lowest BCUT2D eigenvalue weighted by Crippen LogP contribution is -2.42. The summed E-state index contributed by atoms with van der Waals surface area (Å²) >= 11 is 3.40. The van der Waals surface area contributed by atoms with Crippen molar-refractivity contribution in [3.8, 4) is 0 Å². The van der Waals surface area contributed by atoms with Gasteiger partial charge in [0.25, 0.3) is 0 Å². The van der Waals surface area contributed by atoms with E-state index in [9.17, 15) is 9.18 Å². The van der Waals surface area contributed by atoms with Gasteiger partial charge in [0.1, 0.15) is 11.4 Å². The summed E-state index contributed by atoms with van der Waals surface area (Å²) in [6, 6.07) is 4.68. The van der Waals surface area contributed by atoms with Crippen molar-refractivity contribution in [1.82, 2.24) is 10.6 Å². The minimum absolute atomic E-state index is 0.0858. The summed E-state index contributed by atoms with van der Waals surface area (Å²) in [5.74, 6) is -0.264. The van der Waals surface area contributed by atoms with Crippen molar-refractivity contribution in [2.45, 2.75) is 52.3 Å². The molecule has 0 fully saturated rings. The summed E-state index contributed by atoms with van der Waals surface area (Å²) in [4.78, 5) is 11.6. The van der Waals surface area contributed by atoms with Crippen molar-refractivity contribution in [3.05, 3.63) is 34.1 Å². The van der Waals surface area contributed by atoms with E-state index >= 15 is 0 Å². The largest absolute Gasteiger partial charge is 0.444 e. The van der Waals surface area contributed by atoms with Crippen LogP contribution in [0.2, 0.25) is 0 Å². The molecular weight excluding hydrogens is 351 g/mol. The number of halogens is 2. The molecule has 0 bridgehead atoms. The molecule has 0 aromatic heterocycles. The first-order valence-electron chi connectivity index (χ1n) is 7.35. The van der Waals surface area contributed by atoms with Crippen LogP contribution in [0.3, 0.4) is 0 Å². The maximum atomic E-state index is 13.2. The van der Waals surface area contributed by atoms with Gasteiger partial charge in [0.2, 0.25) is 0 Å². The Labute approximate surface area is 139 Å². The lowest BCUT2D eigenvalue weighted by molar-refractivity contribution is 0.0522. The summed E-state index contributed by atoms with van der Waals surface area (Å²) < 4.78 is 19.3. The highest BCUT2D eigenvalue weighted by molar-refractivity contribution is 9.10. The fourth-order valence-electron chi connectivity index (χ4n) is 1.81. The van der Waals surface area contributed by atoms with Crippen molar-refractivity contribution >= 4 is 22.0 Å². The topological polar surface area (TPSA) is 50.4 Å². The van der Waals surface area contributed by atoms with Crippen molar-refractivity contribution in [1.29, 1.82) is 0 Å². The van der Waals surface area contributed by atoms with Crippen LogP contribution < -0.4 is 10.6 Å². The molecule has 124 valence electrons. The zero-order chi connectivity index (χ0) is 16.8. The summed E-state index contributed by atoms with van der Waals surface area (Å²) in [6.45, 7) is 8.47. The molecule has 0 aliphatic rings. The lowest BCUT2D eigenvalue weighted by atomic mass is 10.1. The Morgan fingerprint density at radius 3 is 2.68 bits per heavy atom. The van der Waals surface area contributed by atoms with Crippen molar-refractivity contribution in [2.75, 3.05) is 6.54 Å². The van der Waals surface area contributed by atoms with Gasteiger partial charge in [-0.1, -0.05) is 22.9 Å². The average molecular weight is 375 g/mol. The second-order valence-corrected chi connectivity index (χ2v) is 6.96. The number of amides is 1. The Balaban J connectivity index is 2.45. The van der Waals surface area contributed by atoms with E-state index in [2.05, 4.69) is 26.6 Å². The molecule has 0 saturated carbocycles. The van der Waals surface area contributed by atoms with Crippen LogP contribution >= 0.6 is 15.9 Å². The van der Waals surface area contributed by atoms with Crippen molar-refractivity contribution in [2.24, 2.45) is 0 Å². The third-order valence-corrected chi connectivity index (χ3v) is 3.75. The van der Waals surface area contributed by atoms with Gasteiger partial charge < -0.3 is 15.4 Å². The number of rotatable bonds is 6. The first kappa shape index (κ1) is 18.9. The van der Waals surface area contributed by atoms with Gasteiger partial charge in [0.15, 0.2) is 0 Å². The van der Waals surface area contributed by atoms with Gasteiger partial charge >= 0.3 is 6.09 Å². The molecular formula is C16H24BrFN2O2. The molecule has 1 unspecified atom stereocenters. The maximum Gasteiger partial charge on any atom is 0.407 e. The quantitative estimate of drug-likeness (QED) is 0.791. The molecule has 0 spiro atoms. The van der Waals surface area contributed by atoms with E-state index in [1.807, 2.05) is 27.7 Å². The Morgan fingerprint density at radius 1 is 1.41 bits per heavy atom. The van der Waals surface area contributed by atoms with E-state index in [4.69, 9.17) is 4.74 Å². The molecule has 1 aromatic carbocycles.